The van der Waals surface area contributed by atoms with Gasteiger partial charge in [-0.3, -0.25) is 4.79 Å². The molecule has 1 aromatic heterocycles. The standard InChI is InChI=1S/C6H11N5O/c1-3(2)11-5(7)4(6(8)12)9-10-11/h3H,7H2,1-2H3,(H2,8,12). The first-order chi connectivity index (χ1) is 5.54. The predicted molar refractivity (Wildman–Crippen MR) is 43.3 cm³/mol. The van der Waals surface area contributed by atoms with Crippen LogP contribution in [0.5, 0.6) is 0 Å². The lowest BCUT2D eigenvalue weighted by Gasteiger charge is -2.04. The Bertz CT molecular complexity index is 303. The maximum Gasteiger partial charge on any atom is 0.273 e. The van der Waals surface area contributed by atoms with Gasteiger partial charge in [0.05, 0.1) is 6.04 Å². The molecule has 1 aromatic rings. The average Bonchev–Trinajstić information content (AvgIpc) is 2.30. The molecule has 1 heterocycles. The molecule has 0 spiro atoms. The van der Waals surface area contributed by atoms with E-state index in [0.717, 1.165) is 0 Å². The van der Waals surface area contributed by atoms with Gasteiger partial charge in [-0.25, -0.2) is 4.68 Å². The van der Waals surface area contributed by atoms with Gasteiger partial charge in [-0.05, 0) is 13.8 Å². The fourth-order valence-electron chi connectivity index (χ4n) is 0.858. The van der Waals surface area contributed by atoms with Crippen LogP contribution in [0.2, 0.25) is 0 Å². The van der Waals surface area contributed by atoms with Crippen LogP contribution in [0.1, 0.15) is 30.4 Å². The highest BCUT2D eigenvalue weighted by molar-refractivity contribution is 5.94. The number of nitrogen functional groups attached to an aromatic ring is 1. The van der Waals surface area contributed by atoms with Crippen molar-refractivity contribution in [2.45, 2.75) is 19.9 Å². The second kappa shape index (κ2) is 2.80. The SMILES string of the molecule is CC(C)n1nnc(C(N)=O)c1N. The summed E-state index contributed by atoms with van der Waals surface area (Å²) in [7, 11) is 0. The van der Waals surface area contributed by atoms with Crippen molar-refractivity contribution in [3.63, 3.8) is 0 Å². The first kappa shape index (κ1) is 8.51. The molecule has 0 saturated heterocycles. The summed E-state index contributed by atoms with van der Waals surface area (Å²) in [6, 6.07) is 0.0746. The second-order valence-corrected chi connectivity index (χ2v) is 2.73. The van der Waals surface area contributed by atoms with Crippen molar-refractivity contribution in [3.8, 4) is 0 Å². The Labute approximate surface area is 69.5 Å². The molecule has 0 bridgehead atoms. The minimum atomic E-state index is -0.653. The molecular weight excluding hydrogens is 158 g/mol. The van der Waals surface area contributed by atoms with Crippen molar-refractivity contribution in [1.29, 1.82) is 0 Å². The molecule has 4 N–H and O–H groups in total. The van der Waals surface area contributed by atoms with Crippen LogP contribution in [0.15, 0.2) is 0 Å². The number of carbonyl (C=O) groups excluding carboxylic acids is 1. The molecule has 0 fully saturated rings. The van der Waals surface area contributed by atoms with Crippen LogP contribution in [0, 0.1) is 0 Å². The first-order valence-corrected chi connectivity index (χ1v) is 3.54. The fraction of sp³-hybridized carbons (Fsp3) is 0.500. The summed E-state index contributed by atoms with van der Waals surface area (Å²) in [5, 5.41) is 7.23. The zero-order valence-electron chi connectivity index (χ0n) is 6.98. The number of hydrogen-bond donors (Lipinski definition) is 2. The number of hydrogen-bond acceptors (Lipinski definition) is 4. The van der Waals surface area contributed by atoms with E-state index < -0.39 is 5.91 Å². The zero-order valence-corrected chi connectivity index (χ0v) is 6.98. The molecule has 0 saturated carbocycles. The molecule has 0 radical (unpaired) electrons. The molecule has 0 aliphatic carbocycles. The number of anilines is 1. The summed E-state index contributed by atoms with van der Waals surface area (Å²) in [6.45, 7) is 3.77. The smallest absolute Gasteiger partial charge is 0.273 e. The van der Waals surface area contributed by atoms with Crippen molar-refractivity contribution in [1.82, 2.24) is 15.0 Å². The number of aromatic nitrogens is 3. The fourth-order valence-corrected chi connectivity index (χ4v) is 0.858. The van der Waals surface area contributed by atoms with Gasteiger partial charge in [0.25, 0.3) is 5.91 Å². The third-order valence-electron chi connectivity index (χ3n) is 1.45. The van der Waals surface area contributed by atoms with Crippen molar-refractivity contribution in [2.75, 3.05) is 5.73 Å². The molecule has 0 aliphatic rings. The van der Waals surface area contributed by atoms with Crippen LogP contribution in [0.25, 0.3) is 0 Å². The van der Waals surface area contributed by atoms with Crippen molar-refractivity contribution >= 4 is 11.7 Å². The Balaban J connectivity index is 3.13. The summed E-state index contributed by atoms with van der Waals surface area (Å²) in [6.07, 6.45) is 0. The molecule has 1 rings (SSSR count). The van der Waals surface area contributed by atoms with E-state index >= 15 is 0 Å². The molecule has 1 amide bonds. The molecule has 6 nitrogen and oxygen atoms in total. The van der Waals surface area contributed by atoms with Crippen LogP contribution >= 0.6 is 0 Å². The molecule has 0 unspecified atom stereocenters. The minimum Gasteiger partial charge on any atom is -0.382 e. The summed E-state index contributed by atoms with van der Waals surface area (Å²) in [5.74, 6) is -0.433. The average molecular weight is 169 g/mol. The van der Waals surface area contributed by atoms with E-state index in [2.05, 4.69) is 10.3 Å². The molecule has 0 atom stereocenters. The number of nitrogens with two attached hydrogens (primary N) is 2. The lowest BCUT2D eigenvalue weighted by atomic mass is 10.3. The largest absolute Gasteiger partial charge is 0.382 e. The van der Waals surface area contributed by atoms with Gasteiger partial charge in [0.2, 0.25) is 0 Å². The lowest BCUT2D eigenvalue weighted by molar-refractivity contribution is 0.0996. The summed E-state index contributed by atoms with van der Waals surface area (Å²) in [4.78, 5) is 10.7. The van der Waals surface area contributed by atoms with E-state index in [1.807, 2.05) is 13.8 Å². The normalized spacial score (nSPS) is 10.6. The van der Waals surface area contributed by atoms with Gasteiger partial charge in [-0.15, -0.1) is 5.10 Å². The van der Waals surface area contributed by atoms with Crippen LogP contribution in [0.4, 0.5) is 5.82 Å². The third-order valence-corrected chi connectivity index (χ3v) is 1.45. The summed E-state index contributed by atoms with van der Waals surface area (Å²) in [5.41, 5.74) is 10.6. The highest BCUT2D eigenvalue weighted by Gasteiger charge is 2.15. The molecule has 12 heavy (non-hydrogen) atoms. The van der Waals surface area contributed by atoms with Crippen LogP contribution in [-0.4, -0.2) is 20.9 Å². The minimum absolute atomic E-state index is 0.0312. The van der Waals surface area contributed by atoms with E-state index in [4.69, 9.17) is 11.5 Å². The number of carbonyl (C=O) groups is 1. The summed E-state index contributed by atoms with van der Waals surface area (Å²) >= 11 is 0. The van der Waals surface area contributed by atoms with Crippen molar-refractivity contribution < 1.29 is 4.79 Å². The van der Waals surface area contributed by atoms with Crippen LogP contribution < -0.4 is 11.5 Å². The van der Waals surface area contributed by atoms with E-state index in [-0.39, 0.29) is 17.6 Å². The van der Waals surface area contributed by atoms with Crippen molar-refractivity contribution in [2.24, 2.45) is 5.73 Å². The Morgan fingerprint density at radius 1 is 1.58 bits per heavy atom. The van der Waals surface area contributed by atoms with Crippen LogP contribution in [-0.2, 0) is 0 Å². The number of rotatable bonds is 2. The monoisotopic (exact) mass is 169 g/mol. The number of primary amides is 1. The number of nitrogens with zero attached hydrogens (tertiary/aromatic N) is 3. The number of amides is 1. The van der Waals surface area contributed by atoms with E-state index in [0.29, 0.717) is 0 Å². The Morgan fingerprint density at radius 3 is 2.42 bits per heavy atom. The highest BCUT2D eigenvalue weighted by atomic mass is 16.1. The molecule has 0 aliphatic heterocycles. The van der Waals surface area contributed by atoms with Crippen molar-refractivity contribution in [3.05, 3.63) is 5.69 Å². The van der Waals surface area contributed by atoms with Gasteiger partial charge >= 0.3 is 0 Å². The van der Waals surface area contributed by atoms with Crippen LogP contribution in [0.3, 0.4) is 0 Å². The Morgan fingerprint density at radius 2 is 2.17 bits per heavy atom. The summed E-state index contributed by atoms with van der Waals surface area (Å²) < 4.78 is 1.44. The van der Waals surface area contributed by atoms with E-state index in [1.54, 1.807) is 0 Å². The molecule has 6 heteroatoms. The van der Waals surface area contributed by atoms with Gasteiger partial charge in [-0.1, -0.05) is 5.21 Å². The Hall–Kier alpha value is -1.59. The second-order valence-electron chi connectivity index (χ2n) is 2.73. The molecule has 66 valence electrons. The van der Waals surface area contributed by atoms with Gasteiger partial charge in [0.1, 0.15) is 0 Å². The van der Waals surface area contributed by atoms with Gasteiger partial charge in [-0.2, -0.15) is 0 Å². The quantitative estimate of drug-likeness (QED) is 0.625. The maximum absolute atomic E-state index is 10.7. The third kappa shape index (κ3) is 1.23. The molecule has 0 aromatic carbocycles. The topological polar surface area (TPSA) is 99.8 Å². The van der Waals surface area contributed by atoms with E-state index in [9.17, 15) is 4.79 Å². The predicted octanol–water partition coefficient (Wildman–Crippen LogP) is -0.460. The van der Waals surface area contributed by atoms with Gasteiger partial charge in [0, 0.05) is 0 Å². The maximum atomic E-state index is 10.7. The molecular formula is C6H11N5O. The Kier molecular flexibility index (Phi) is 1.99. The highest BCUT2D eigenvalue weighted by Crippen LogP contribution is 2.12. The van der Waals surface area contributed by atoms with Gasteiger partial charge < -0.3 is 11.5 Å². The lowest BCUT2D eigenvalue weighted by Crippen LogP contribution is -2.15. The van der Waals surface area contributed by atoms with Gasteiger partial charge in [0.15, 0.2) is 11.5 Å². The van der Waals surface area contributed by atoms with E-state index in [1.165, 1.54) is 4.68 Å². The zero-order chi connectivity index (χ0) is 9.30. The first-order valence-electron chi connectivity index (χ1n) is 3.54.